The summed E-state index contributed by atoms with van der Waals surface area (Å²) in [4.78, 5) is 26.1. The molecule has 6 nitrogen and oxygen atoms in total. The Morgan fingerprint density at radius 2 is 1.59 bits per heavy atom. The van der Waals surface area contributed by atoms with Crippen LogP contribution in [-0.2, 0) is 11.2 Å². The van der Waals surface area contributed by atoms with Crippen molar-refractivity contribution in [1.82, 2.24) is 15.5 Å². The molecule has 4 aromatic rings. The van der Waals surface area contributed by atoms with E-state index in [2.05, 4.69) is 20.8 Å². The van der Waals surface area contributed by atoms with Crippen LogP contribution in [0.15, 0.2) is 72.8 Å². The van der Waals surface area contributed by atoms with Crippen molar-refractivity contribution in [3.8, 4) is 10.6 Å². The van der Waals surface area contributed by atoms with Crippen LogP contribution in [-0.4, -0.2) is 28.1 Å². The largest absolute Gasteiger partial charge is 0.340 e. The van der Waals surface area contributed by atoms with Gasteiger partial charge >= 0.3 is 0 Å². The number of aromatic nitrogens is 2. The molecule has 0 aliphatic heterocycles. The average molecular weight is 532 g/mol. The summed E-state index contributed by atoms with van der Waals surface area (Å²) in [7, 11) is 0. The molecule has 0 bridgehead atoms. The van der Waals surface area contributed by atoms with Gasteiger partial charge in [-0.05, 0) is 35.9 Å². The minimum absolute atomic E-state index is 0.195. The van der Waals surface area contributed by atoms with Gasteiger partial charge in [0.15, 0.2) is 0 Å². The molecule has 3 aromatic carbocycles. The summed E-state index contributed by atoms with van der Waals surface area (Å²) in [5.41, 5.74) is 1.93. The van der Waals surface area contributed by atoms with Crippen LogP contribution in [0.5, 0.6) is 0 Å². The lowest BCUT2D eigenvalue weighted by Crippen LogP contribution is -2.45. The average Bonchev–Trinajstić information content (AvgIpc) is 3.28. The van der Waals surface area contributed by atoms with E-state index >= 15 is 0 Å². The minimum Gasteiger partial charge on any atom is -0.340 e. The number of amides is 2. The SMILES string of the molecule is O=C(N[C@@H](Cc1ccccc1)C(=O)Nc1nnc(-c2ccc(Cl)cc2)s1)c1ccc(Cl)cc1Cl. The maximum Gasteiger partial charge on any atom is 0.253 e. The predicted octanol–water partition coefficient (Wildman–Crippen LogP) is 6.15. The molecule has 0 radical (unpaired) electrons. The summed E-state index contributed by atoms with van der Waals surface area (Å²) in [6.45, 7) is 0. The van der Waals surface area contributed by atoms with Gasteiger partial charge in [0.1, 0.15) is 11.0 Å². The third-order valence-electron chi connectivity index (χ3n) is 4.83. The Hall–Kier alpha value is -2.97. The normalized spacial score (nSPS) is 11.6. The van der Waals surface area contributed by atoms with Crippen molar-refractivity contribution in [2.75, 3.05) is 5.32 Å². The van der Waals surface area contributed by atoms with Crippen molar-refractivity contribution in [3.05, 3.63) is 99.0 Å². The number of nitrogens with one attached hydrogen (secondary N) is 2. The lowest BCUT2D eigenvalue weighted by atomic mass is 10.0. The first-order valence-electron chi connectivity index (χ1n) is 10.1. The zero-order valence-electron chi connectivity index (χ0n) is 17.5. The van der Waals surface area contributed by atoms with Crippen molar-refractivity contribution >= 4 is 63.1 Å². The molecule has 0 aliphatic rings. The smallest absolute Gasteiger partial charge is 0.253 e. The molecular formula is C24H17Cl3N4O2S. The van der Waals surface area contributed by atoms with Gasteiger partial charge in [-0.15, -0.1) is 10.2 Å². The number of carbonyl (C=O) groups excluding carboxylic acids is 2. The van der Waals surface area contributed by atoms with Crippen LogP contribution in [0.3, 0.4) is 0 Å². The third kappa shape index (κ3) is 6.12. The van der Waals surface area contributed by atoms with Crippen LogP contribution in [0.4, 0.5) is 5.13 Å². The first-order chi connectivity index (χ1) is 16.4. The first kappa shape index (κ1) is 24.2. The van der Waals surface area contributed by atoms with Crippen LogP contribution >= 0.6 is 46.1 Å². The zero-order chi connectivity index (χ0) is 24.1. The molecule has 0 fully saturated rings. The number of halogens is 3. The van der Waals surface area contributed by atoms with E-state index in [0.717, 1.165) is 11.1 Å². The molecule has 1 aromatic heterocycles. The molecule has 2 amide bonds. The standard InChI is InChI=1S/C24H17Cl3N4O2S/c25-16-8-6-15(7-9-16)23-30-31-24(34-23)29-22(33)20(12-14-4-2-1-3-5-14)28-21(32)18-11-10-17(26)13-19(18)27/h1-11,13,20H,12H2,(H,28,32)(H,29,31,33)/t20-/m0/s1. The van der Waals surface area contributed by atoms with Gasteiger partial charge in [0.05, 0.1) is 10.6 Å². The van der Waals surface area contributed by atoms with Gasteiger partial charge in [0.25, 0.3) is 5.91 Å². The van der Waals surface area contributed by atoms with E-state index in [0.29, 0.717) is 20.2 Å². The Morgan fingerprint density at radius 3 is 2.29 bits per heavy atom. The molecule has 0 unspecified atom stereocenters. The number of nitrogens with zero attached hydrogens (tertiary/aromatic N) is 2. The molecular weight excluding hydrogens is 515 g/mol. The van der Waals surface area contributed by atoms with Gasteiger partial charge in [0.2, 0.25) is 11.0 Å². The topological polar surface area (TPSA) is 84.0 Å². The number of benzene rings is 3. The predicted molar refractivity (Wildman–Crippen MR) is 137 cm³/mol. The maximum atomic E-state index is 13.2. The Balaban J connectivity index is 1.53. The molecule has 0 saturated heterocycles. The summed E-state index contributed by atoms with van der Waals surface area (Å²) in [6, 6.07) is 20.2. The fourth-order valence-electron chi connectivity index (χ4n) is 3.14. The zero-order valence-corrected chi connectivity index (χ0v) is 20.6. The monoisotopic (exact) mass is 530 g/mol. The Morgan fingerprint density at radius 1 is 0.882 bits per heavy atom. The minimum atomic E-state index is -0.885. The van der Waals surface area contributed by atoms with E-state index in [1.807, 2.05) is 42.5 Å². The van der Waals surface area contributed by atoms with Gasteiger partial charge in [-0.2, -0.15) is 0 Å². The number of hydrogen-bond acceptors (Lipinski definition) is 5. The second-order valence-corrected chi connectivity index (χ2v) is 9.51. The lowest BCUT2D eigenvalue weighted by Gasteiger charge is -2.18. The summed E-state index contributed by atoms with van der Waals surface area (Å²) < 4.78 is 0. The van der Waals surface area contributed by atoms with Crippen LogP contribution < -0.4 is 10.6 Å². The highest BCUT2D eigenvalue weighted by atomic mass is 35.5. The second-order valence-electron chi connectivity index (χ2n) is 7.25. The van der Waals surface area contributed by atoms with Crippen LogP contribution in [0, 0.1) is 0 Å². The van der Waals surface area contributed by atoms with E-state index < -0.39 is 17.9 Å². The third-order valence-corrected chi connectivity index (χ3v) is 6.51. The number of anilines is 1. The van der Waals surface area contributed by atoms with Gasteiger partial charge in [-0.3, -0.25) is 14.9 Å². The van der Waals surface area contributed by atoms with E-state index in [-0.39, 0.29) is 17.0 Å². The van der Waals surface area contributed by atoms with Crippen molar-refractivity contribution in [1.29, 1.82) is 0 Å². The van der Waals surface area contributed by atoms with Crippen molar-refractivity contribution in [2.45, 2.75) is 12.5 Å². The highest BCUT2D eigenvalue weighted by molar-refractivity contribution is 7.18. The molecule has 0 saturated carbocycles. The molecule has 1 heterocycles. The lowest BCUT2D eigenvalue weighted by molar-refractivity contribution is -0.118. The van der Waals surface area contributed by atoms with Gasteiger partial charge < -0.3 is 5.32 Å². The summed E-state index contributed by atoms with van der Waals surface area (Å²) in [6.07, 6.45) is 0.270. The van der Waals surface area contributed by atoms with Crippen molar-refractivity contribution in [2.24, 2.45) is 0 Å². The number of carbonyl (C=O) groups is 2. The molecule has 2 N–H and O–H groups in total. The van der Waals surface area contributed by atoms with Crippen LogP contribution in [0.2, 0.25) is 15.1 Å². The fraction of sp³-hybridized carbons (Fsp3) is 0.0833. The molecule has 1 atom stereocenters. The van der Waals surface area contributed by atoms with Crippen molar-refractivity contribution < 1.29 is 9.59 Å². The molecule has 0 spiro atoms. The maximum absolute atomic E-state index is 13.2. The van der Waals surface area contributed by atoms with E-state index in [9.17, 15) is 9.59 Å². The first-order valence-corrected chi connectivity index (χ1v) is 12.0. The van der Waals surface area contributed by atoms with E-state index in [1.165, 1.54) is 23.5 Å². The van der Waals surface area contributed by atoms with E-state index in [1.54, 1.807) is 18.2 Å². The van der Waals surface area contributed by atoms with Gasteiger partial charge in [-0.25, -0.2) is 0 Å². The van der Waals surface area contributed by atoms with Gasteiger partial charge in [0, 0.05) is 22.0 Å². The second kappa shape index (κ2) is 11.0. The molecule has 34 heavy (non-hydrogen) atoms. The van der Waals surface area contributed by atoms with E-state index in [4.69, 9.17) is 34.8 Å². The summed E-state index contributed by atoms with van der Waals surface area (Å²) >= 11 is 19.3. The molecule has 4 rings (SSSR count). The Bertz CT molecular complexity index is 1310. The fourth-order valence-corrected chi connectivity index (χ4v) is 4.52. The highest BCUT2D eigenvalue weighted by Crippen LogP contribution is 2.27. The Labute approximate surface area is 214 Å². The van der Waals surface area contributed by atoms with Crippen LogP contribution in [0.1, 0.15) is 15.9 Å². The van der Waals surface area contributed by atoms with Crippen LogP contribution in [0.25, 0.3) is 10.6 Å². The number of rotatable bonds is 7. The van der Waals surface area contributed by atoms with Gasteiger partial charge in [-0.1, -0.05) is 88.6 Å². The molecule has 172 valence electrons. The quantitative estimate of drug-likeness (QED) is 0.300. The number of hydrogen-bond donors (Lipinski definition) is 2. The molecule has 0 aliphatic carbocycles. The highest BCUT2D eigenvalue weighted by Gasteiger charge is 2.24. The summed E-state index contributed by atoms with van der Waals surface area (Å²) in [5.74, 6) is -0.919. The summed E-state index contributed by atoms with van der Waals surface area (Å²) in [5, 5.41) is 15.9. The molecule has 10 heteroatoms. The Kier molecular flexibility index (Phi) is 7.80. The van der Waals surface area contributed by atoms with Crippen molar-refractivity contribution in [3.63, 3.8) is 0 Å².